The van der Waals surface area contributed by atoms with Gasteiger partial charge < -0.3 is 24.8 Å². The van der Waals surface area contributed by atoms with Gasteiger partial charge in [0.25, 0.3) is 5.91 Å². The molecule has 6 heterocycles. The van der Waals surface area contributed by atoms with Crippen LogP contribution in [0.15, 0.2) is 72.8 Å². The highest BCUT2D eigenvalue weighted by Gasteiger charge is 2.27. The second-order valence-corrected chi connectivity index (χ2v) is 19.4. The number of carbonyl (C=O) groups excluding carboxylic acids is 1. The minimum atomic E-state index is -0.933. The zero-order valence-electron chi connectivity index (χ0n) is 41.7. The van der Waals surface area contributed by atoms with Gasteiger partial charge in [-0.3, -0.25) is 15.0 Å². The van der Waals surface area contributed by atoms with E-state index in [9.17, 15) is 14.7 Å². The molecule has 4 aromatic carbocycles. The van der Waals surface area contributed by atoms with Gasteiger partial charge in [0.1, 0.15) is 11.6 Å². The maximum absolute atomic E-state index is 13.5. The van der Waals surface area contributed by atoms with Crippen molar-refractivity contribution in [3.05, 3.63) is 140 Å². The van der Waals surface area contributed by atoms with E-state index in [1.54, 1.807) is 13.0 Å². The van der Waals surface area contributed by atoms with E-state index in [2.05, 4.69) is 61.0 Å². The number of aromatic nitrogens is 6. The van der Waals surface area contributed by atoms with E-state index < -0.39 is 5.97 Å². The fraction of sp³-hybridized carbons (Fsp3) is 0.429. The van der Waals surface area contributed by atoms with E-state index in [0.29, 0.717) is 40.9 Å². The summed E-state index contributed by atoms with van der Waals surface area (Å²) in [5.41, 5.74) is 10.5. The maximum atomic E-state index is 13.5. The number of aromatic amines is 2. The van der Waals surface area contributed by atoms with E-state index in [1.807, 2.05) is 74.2 Å². The van der Waals surface area contributed by atoms with Gasteiger partial charge in [0.05, 0.1) is 28.8 Å². The largest absolute Gasteiger partial charge is 0.478 e. The van der Waals surface area contributed by atoms with Crippen LogP contribution in [0.2, 0.25) is 0 Å². The third-order valence-electron chi connectivity index (χ3n) is 14.3. The molecule has 0 saturated carbocycles. The van der Waals surface area contributed by atoms with Gasteiger partial charge in [0.15, 0.2) is 11.6 Å². The Labute approximate surface area is 428 Å². The number of nitrogens with one attached hydrogen (secondary N) is 3. The Hall–Kier alpha value is -6.75. The molecule has 4 aliphatic heterocycles. The number of likely N-dealkylation sites (tertiary alicyclic amines) is 1. The number of rotatable bonds is 10. The molecule has 10 rings (SSSR count). The summed E-state index contributed by atoms with van der Waals surface area (Å²) < 4.78 is 10.8. The van der Waals surface area contributed by atoms with Crippen molar-refractivity contribution in [3.8, 4) is 34.9 Å². The normalized spacial score (nSPS) is 17.9. The molecular formula is C56H65ClN10O5. The molecule has 2 unspecified atom stereocenters. The molecule has 72 heavy (non-hydrogen) atoms. The highest BCUT2D eigenvalue weighted by atomic mass is 35.5. The summed E-state index contributed by atoms with van der Waals surface area (Å²) in [4.78, 5) is 36.0. The van der Waals surface area contributed by atoms with Gasteiger partial charge in [-0.25, -0.2) is 14.8 Å². The third kappa shape index (κ3) is 13.4. The molecule has 0 radical (unpaired) electrons. The number of nitriles is 2. The standard InChI is InChI=1S/C28H31N5O2.C16H19N3O3.C12H14N2.ClH/c1-18-13-19(2)25(15-24(18)27-30-26(31-32-27)14-21-9-12-35-17-21)28(34)33-10-7-23(8-11-33)22-5-3-20(16-29)4-6-22;1-9-5-10(2)13(16(20)21)7-12(9)15-17-14(18-19-15)6-11-3-4-22-8-11;13-9-10-1-3-11(4-2-10)12-5-7-14-8-6-12;/h3-6,13,15,21,23H,7-12,14,17H2,1-2H3,(H,30,31,32);5,7,11H,3-4,6,8H2,1-2H3,(H,20,21)(H,17,18,19);1-4,12,14H,5-8H2;1H. The Morgan fingerprint density at radius 3 is 1.51 bits per heavy atom. The van der Waals surface area contributed by atoms with Crippen molar-refractivity contribution >= 4 is 24.3 Å². The van der Waals surface area contributed by atoms with Crippen molar-refractivity contribution in [2.45, 2.75) is 90.9 Å². The number of aryl methyl sites for hydroxylation is 4. The molecular weight excluding hydrogens is 928 g/mol. The third-order valence-corrected chi connectivity index (χ3v) is 14.3. The minimum absolute atomic E-state index is 0. The van der Waals surface area contributed by atoms with Crippen molar-refractivity contribution in [2.24, 2.45) is 11.8 Å². The molecule has 1 amide bonds. The predicted molar refractivity (Wildman–Crippen MR) is 277 cm³/mol. The topological polar surface area (TPSA) is 219 Å². The van der Waals surface area contributed by atoms with Gasteiger partial charge in [-0.05, 0) is 173 Å². The van der Waals surface area contributed by atoms with Crippen molar-refractivity contribution in [2.75, 3.05) is 52.6 Å². The number of halogens is 1. The first-order chi connectivity index (χ1) is 34.5. The number of H-pyrrole nitrogens is 2. The molecule has 16 heteroatoms. The second-order valence-electron chi connectivity index (χ2n) is 19.4. The average molecular weight is 994 g/mol. The lowest BCUT2D eigenvalue weighted by atomic mass is 9.88. The van der Waals surface area contributed by atoms with Gasteiger partial charge in [-0.15, -0.1) is 12.4 Å². The van der Waals surface area contributed by atoms with E-state index in [0.717, 1.165) is 147 Å². The first kappa shape index (κ1) is 53.1. The molecule has 4 N–H and O–H groups in total. The van der Waals surface area contributed by atoms with Crippen molar-refractivity contribution in [1.29, 1.82) is 10.5 Å². The highest BCUT2D eigenvalue weighted by molar-refractivity contribution is 5.97. The first-order valence-electron chi connectivity index (χ1n) is 24.9. The number of piperidine rings is 2. The van der Waals surface area contributed by atoms with E-state index in [-0.39, 0.29) is 23.9 Å². The number of benzene rings is 4. The van der Waals surface area contributed by atoms with Gasteiger partial charge in [-0.1, -0.05) is 36.4 Å². The molecule has 0 aliphatic carbocycles. The van der Waals surface area contributed by atoms with Crippen molar-refractivity contribution in [3.63, 3.8) is 0 Å². The number of nitrogens with zero attached hydrogens (tertiary/aromatic N) is 7. The molecule has 376 valence electrons. The quantitative estimate of drug-likeness (QED) is 0.101. The summed E-state index contributed by atoms with van der Waals surface area (Å²) in [5, 5.41) is 45.1. The fourth-order valence-corrected chi connectivity index (χ4v) is 10.1. The summed E-state index contributed by atoms with van der Waals surface area (Å²) in [5.74, 6) is 4.09. The molecule has 0 bridgehead atoms. The van der Waals surface area contributed by atoms with Crippen LogP contribution in [0.3, 0.4) is 0 Å². The Balaban J connectivity index is 0.000000175. The van der Waals surface area contributed by atoms with Crippen LogP contribution in [-0.4, -0.2) is 105 Å². The molecule has 4 fully saturated rings. The van der Waals surface area contributed by atoms with Gasteiger partial charge in [0.2, 0.25) is 0 Å². The number of ether oxygens (including phenoxy) is 2. The molecule has 4 aliphatic rings. The zero-order chi connectivity index (χ0) is 49.9. The van der Waals surface area contributed by atoms with Gasteiger partial charge in [-0.2, -0.15) is 20.7 Å². The van der Waals surface area contributed by atoms with Gasteiger partial charge >= 0.3 is 5.97 Å². The molecule has 0 spiro atoms. The fourth-order valence-electron chi connectivity index (χ4n) is 10.1. The summed E-state index contributed by atoms with van der Waals surface area (Å²) in [6.07, 6.45) is 8.01. The molecule has 2 atom stereocenters. The second kappa shape index (κ2) is 25.1. The monoisotopic (exact) mass is 992 g/mol. The Morgan fingerprint density at radius 2 is 1.08 bits per heavy atom. The number of amides is 1. The van der Waals surface area contributed by atoms with E-state index >= 15 is 0 Å². The first-order valence-corrected chi connectivity index (χ1v) is 24.9. The molecule has 15 nitrogen and oxygen atoms in total. The molecule has 6 aromatic rings. The van der Waals surface area contributed by atoms with Crippen LogP contribution in [0.5, 0.6) is 0 Å². The smallest absolute Gasteiger partial charge is 0.335 e. The number of carboxylic acids is 1. The van der Waals surface area contributed by atoms with Crippen molar-refractivity contribution in [1.82, 2.24) is 40.6 Å². The van der Waals surface area contributed by atoms with Crippen LogP contribution in [-0.2, 0) is 22.3 Å². The summed E-state index contributed by atoms with van der Waals surface area (Å²) >= 11 is 0. The molecule has 2 aromatic heterocycles. The molecule has 4 saturated heterocycles. The van der Waals surface area contributed by atoms with Crippen LogP contribution in [0.1, 0.15) is 127 Å². The SMILES string of the molecule is Cc1cc(C)c(-c2n[nH]c(CC3CCOC3)n2)cc1C(=O)N1CCC(c2ccc(C#N)cc2)CC1.Cc1cc(C)c(-c2n[nH]c(CC3CCOC3)n2)cc1C(=O)O.Cl.N#Cc1ccc(C2CCNCC2)cc1. The number of hydrogen-bond acceptors (Lipinski definition) is 11. The van der Waals surface area contributed by atoms with Crippen LogP contribution >= 0.6 is 12.4 Å². The van der Waals surface area contributed by atoms with Crippen LogP contribution in [0.25, 0.3) is 22.8 Å². The van der Waals surface area contributed by atoms with Crippen LogP contribution in [0.4, 0.5) is 0 Å². The number of aromatic carboxylic acids is 1. The lowest BCUT2D eigenvalue weighted by molar-refractivity contribution is 0.0692. The number of hydrogen-bond donors (Lipinski definition) is 4. The van der Waals surface area contributed by atoms with E-state index in [4.69, 9.17) is 25.0 Å². The van der Waals surface area contributed by atoms with Crippen LogP contribution < -0.4 is 5.32 Å². The zero-order valence-corrected chi connectivity index (χ0v) is 42.5. The average Bonchev–Trinajstić information content (AvgIpc) is 4.26. The summed E-state index contributed by atoms with van der Waals surface area (Å²) in [7, 11) is 0. The van der Waals surface area contributed by atoms with Crippen LogP contribution in [0, 0.1) is 62.2 Å². The van der Waals surface area contributed by atoms with Crippen molar-refractivity contribution < 1.29 is 24.2 Å². The number of carbonyl (C=O) groups is 2. The van der Waals surface area contributed by atoms with Gasteiger partial charge in [0, 0.05) is 69.0 Å². The minimum Gasteiger partial charge on any atom is -0.478 e. The number of carboxylic acid groups (broad SMARTS) is 1. The van der Waals surface area contributed by atoms with E-state index in [1.165, 1.54) is 24.0 Å². The summed E-state index contributed by atoms with van der Waals surface area (Å²) in [6.45, 7) is 14.6. The maximum Gasteiger partial charge on any atom is 0.335 e. The Bertz CT molecular complexity index is 2860. The Morgan fingerprint density at radius 1 is 0.639 bits per heavy atom. The highest BCUT2D eigenvalue weighted by Crippen LogP contribution is 2.32. The predicted octanol–water partition coefficient (Wildman–Crippen LogP) is 9.37. The lowest BCUT2D eigenvalue weighted by Gasteiger charge is -2.32. The summed E-state index contributed by atoms with van der Waals surface area (Å²) in [6, 6.07) is 27.7. The Kier molecular flexibility index (Phi) is 18.5. The lowest BCUT2D eigenvalue weighted by Crippen LogP contribution is -2.38.